The predicted molar refractivity (Wildman–Crippen MR) is 83.6 cm³/mol. The van der Waals surface area contributed by atoms with Gasteiger partial charge in [0.05, 0.1) is 19.8 Å². The van der Waals surface area contributed by atoms with Crippen molar-refractivity contribution in [2.45, 2.75) is 6.61 Å². The summed E-state index contributed by atoms with van der Waals surface area (Å²) >= 11 is 0. The summed E-state index contributed by atoms with van der Waals surface area (Å²) in [6.45, 7) is 0.142. The Labute approximate surface area is 133 Å². The van der Waals surface area contributed by atoms with E-state index in [1.54, 1.807) is 30.3 Å². The maximum absolute atomic E-state index is 13.9. The van der Waals surface area contributed by atoms with Crippen LogP contribution in [-0.4, -0.2) is 20.2 Å². The third kappa shape index (κ3) is 2.77. The average Bonchev–Trinajstić information content (AvgIpc) is 2.58. The van der Waals surface area contributed by atoms with Crippen molar-refractivity contribution >= 4 is 17.6 Å². The lowest BCUT2D eigenvalue weighted by Gasteiger charge is -2.21. The van der Waals surface area contributed by atoms with Crippen molar-refractivity contribution < 1.29 is 23.4 Å². The molecule has 0 atom stereocenters. The van der Waals surface area contributed by atoms with Crippen LogP contribution in [0.25, 0.3) is 11.6 Å². The van der Waals surface area contributed by atoms with Crippen LogP contribution in [0.2, 0.25) is 0 Å². The molecule has 0 saturated carbocycles. The summed E-state index contributed by atoms with van der Waals surface area (Å²) < 4.78 is 29.6. The molecule has 4 nitrogen and oxygen atoms in total. The summed E-state index contributed by atoms with van der Waals surface area (Å²) in [6.07, 6.45) is 1.49. The van der Waals surface area contributed by atoms with Crippen molar-refractivity contribution in [1.82, 2.24) is 0 Å². The van der Waals surface area contributed by atoms with E-state index in [9.17, 15) is 9.18 Å². The number of benzene rings is 2. The van der Waals surface area contributed by atoms with E-state index in [1.807, 2.05) is 0 Å². The van der Waals surface area contributed by atoms with E-state index >= 15 is 0 Å². The first kappa shape index (κ1) is 15.1. The Hall–Kier alpha value is -2.82. The second-order valence-corrected chi connectivity index (χ2v) is 5.02. The molecule has 0 saturated heterocycles. The van der Waals surface area contributed by atoms with Gasteiger partial charge in [0.15, 0.2) is 11.5 Å². The third-order valence-corrected chi connectivity index (χ3v) is 3.68. The summed E-state index contributed by atoms with van der Waals surface area (Å²) in [5.74, 6) is 0.156. The monoisotopic (exact) mass is 314 g/mol. The van der Waals surface area contributed by atoms with E-state index in [1.165, 1.54) is 26.4 Å². The van der Waals surface area contributed by atoms with Crippen LogP contribution in [0.15, 0.2) is 36.4 Å². The molecule has 1 aliphatic rings. The van der Waals surface area contributed by atoms with Crippen molar-refractivity contribution in [1.29, 1.82) is 0 Å². The molecule has 0 unspecified atom stereocenters. The molecule has 3 rings (SSSR count). The van der Waals surface area contributed by atoms with Crippen LogP contribution in [0, 0.1) is 5.82 Å². The van der Waals surface area contributed by atoms with Gasteiger partial charge in [0.25, 0.3) is 0 Å². The van der Waals surface area contributed by atoms with Crippen LogP contribution in [0.1, 0.15) is 16.7 Å². The first-order valence-corrected chi connectivity index (χ1v) is 7.02. The Kier molecular flexibility index (Phi) is 4.02. The zero-order valence-electron chi connectivity index (χ0n) is 12.8. The molecule has 0 amide bonds. The molecule has 0 bridgehead atoms. The number of hydrogen-bond donors (Lipinski definition) is 0. The Morgan fingerprint density at radius 1 is 1.13 bits per heavy atom. The summed E-state index contributed by atoms with van der Waals surface area (Å²) in [5.41, 5.74) is 2.05. The largest absolute Gasteiger partial charge is 0.493 e. The van der Waals surface area contributed by atoms with Crippen LogP contribution in [0.4, 0.5) is 4.39 Å². The number of rotatable bonds is 3. The van der Waals surface area contributed by atoms with Gasteiger partial charge in [-0.25, -0.2) is 9.18 Å². The van der Waals surface area contributed by atoms with E-state index in [-0.39, 0.29) is 12.2 Å². The summed E-state index contributed by atoms with van der Waals surface area (Å²) in [6, 6.07) is 9.72. The Balaban J connectivity index is 2.17. The molecule has 1 aliphatic heterocycles. The lowest BCUT2D eigenvalue weighted by molar-refractivity contribution is -0.138. The first-order valence-electron chi connectivity index (χ1n) is 7.02. The summed E-state index contributed by atoms with van der Waals surface area (Å²) in [4.78, 5) is 12.1. The fourth-order valence-electron chi connectivity index (χ4n) is 2.51. The van der Waals surface area contributed by atoms with Gasteiger partial charge in [0.1, 0.15) is 12.4 Å². The van der Waals surface area contributed by atoms with Gasteiger partial charge in [0.2, 0.25) is 0 Å². The standard InChI is InChI=1S/C18H15FO4/c1-21-16-8-12-10-23-18(20)14(13(12)9-17(16)22-2)7-11-5-3-4-6-15(11)19/h3-9H,10H2,1-2H3. The second kappa shape index (κ2) is 6.12. The molecule has 0 aliphatic carbocycles. The minimum absolute atomic E-state index is 0.142. The third-order valence-electron chi connectivity index (χ3n) is 3.68. The van der Waals surface area contributed by atoms with E-state index in [0.717, 1.165) is 5.56 Å². The van der Waals surface area contributed by atoms with E-state index in [2.05, 4.69) is 0 Å². The number of ether oxygens (including phenoxy) is 3. The number of cyclic esters (lactones) is 1. The van der Waals surface area contributed by atoms with Crippen LogP contribution in [0.5, 0.6) is 11.5 Å². The molecule has 23 heavy (non-hydrogen) atoms. The zero-order chi connectivity index (χ0) is 16.4. The van der Waals surface area contributed by atoms with Crippen molar-refractivity contribution in [3.05, 3.63) is 58.9 Å². The summed E-state index contributed by atoms with van der Waals surface area (Å²) in [5, 5.41) is 0. The van der Waals surface area contributed by atoms with Gasteiger partial charge in [-0.05, 0) is 29.8 Å². The molecule has 0 aromatic heterocycles. The molecule has 1 heterocycles. The second-order valence-electron chi connectivity index (χ2n) is 5.02. The molecule has 0 spiro atoms. The number of esters is 1. The first-order chi connectivity index (χ1) is 11.1. The van der Waals surface area contributed by atoms with Gasteiger partial charge >= 0.3 is 5.97 Å². The fraction of sp³-hybridized carbons (Fsp3) is 0.167. The van der Waals surface area contributed by atoms with Gasteiger partial charge in [-0.3, -0.25) is 0 Å². The smallest absolute Gasteiger partial charge is 0.339 e. The number of carbonyl (C=O) groups is 1. The highest BCUT2D eigenvalue weighted by molar-refractivity contribution is 6.22. The van der Waals surface area contributed by atoms with Crippen LogP contribution in [-0.2, 0) is 16.1 Å². The van der Waals surface area contributed by atoms with Crippen LogP contribution in [0.3, 0.4) is 0 Å². The molecule has 0 fully saturated rings. The zero-order valence-corrected chi connectivity index (χ0v) is 12.8. The van der Waals surface area contributed by atoms with Gasteiger partial charge in [-0.1, -0.05) is 18.2 Å². The van der Waals surface area contributed by atoms with Crippen LogP contribution < -0.4 is 9.47 Å². The molecule has 2 aromatic rings. The number of methoxy groups -OCH3 is 2. The Morgan fingerprint density at radius 3 is 2.52 bits per heavy atom. The van der Waals surface area contributed by atoms with Crippen molar-refractivity contribution in [2.24, 2.45) is 0 Å². The van der Waals surface area contributed by atoms with Gasteiger partial charge in [0, 0.05) is 11.1 Å². The minimum atomic E-state index is -0.493. The maximum atomic E-state index is 13.9. The molecule has 0 radical (unpaired) electrons. The molecule has 0 N–H and O–H groups in total. The minimum Gasteiger partial charge on any atom is -0.493 e. The topological polar surface area (TPSA) is 44.8 Å². The van der Waals surface area contributed by atoms with Crippen molar-refractivity contribution in [2.75, 3.05) is 14.2 Å². The number of hydrogen-bond acceptors (Lipinski definition) is 4. The highest BCUT2D eigenvalue weighted by Crippen LogP contribution is 2.37. The van der Waals surface area contributed by atoms with E-state index < -0.39 is 11.8 Å². The van der Waals surface area contributed by atoms with Crippen molar-refractivity contribution in [3.8, 4) is 11.5 Å². The summed E-state index contributed by atoms with van der Waals surface area (Å²) in [7, 11) is 3.06. The molecular weight excluding hydrogens is 299 g/mol. The molecule has 5 heteroatoms. The number of carbonyl (C=O) groups excluding carboxylic acids is 1. The number of fused-ring (bicyclic) bond motifs is 1. The Morgan fingerprint density at radius 2 is 1.83 bits per heavy atom. The van der Waals surface area contributed by atoms with Crippen LogP contribution >= 0.6 is 0 Å². The molecule has 118 valence electrons. The normalized spacial score (nSPS) is 15.1. The molecule has 2 aromatic carbocycles. The number of halogens is 1. The highest BCUT2D eigenvalue weighted by Gasteiger charge is 2.25. The van der Waals surface area contributed by atoms with E-state index in [4.69, 9.17) is 14.2 Å². The SMILES string of the molecule is COc1cc2c(cc1OC)C(=Cc1ccccc1F)C(=O)OC2. The predicted octanol–water partition coefficient (Wildman–Crippen LogP) is 3.44. The maximum Gasteiger partial charge on any atom is 0.339 e. The lowest BCUT2D eigenvalue weighted by atomic mass is 9.95. The lowest BCUT2D eigenvalue weighted by Crippen LogP contribution is -2.16. The van der Waals surface area contributed by atoms with Gasteiger partial charge in [-0.15, -0.1) is 0 Å². The highest BCUT2D eigenvalue weighted by atomic mass is 19.1. The molecular formula is C18H15FO4. The Bertz CT molecular complexity index is 796. The van der Waals surface area contributed by atoms with E-state index in [0.29, 0.717) is 22.6 Å². The van der Waals surface area contributed by atoms with Gasteiger partial charge < -0.3 is 14.2 Å². The quantitative estimate of drug-likeness (QED) is 0.643. The van der Waals surface area contributed by atoms with Gasteiger partial charge in [-0.2, -0.15) is 0 Å². The average molecular weight is 314 g/mol. The van der Waals surface area contributed by atoms with Crippen molar-refractivity contribution in [3.63, 3.8) is 0 Å². The fourth-order valence-corrected chi connectivity index (χ4v) is 2.51.